The summed E-state index contributed by atoms with van der Waals surface area (Å²) in [7, 11) is 0. The van der Waals surface area contributed by atoms with E-state index in [2.05, 4.69) is 4.99 Å². The monoisotopic (exact) mass is 359 g/mol. The average molecular weight is 359 g/mol. The summed E-state index contributed by atoms with van der Waals surface area (Å²) < 4.78 is 76.7. The van der Waals surface area contributed by atoms with Crippen LogP contribution in [0.5, 0.6) is 5.75 Å². The quantitative estimate of drug-likeness (QED) is 0.796. The number of hydrogen-bond acceptors (Lipinski definition) is 2. The second-order valence-electron chi connectivity index (χ2n) is 5.25. The molecule has 0 unspecified atom stereocenters. The van der Waals surface area contributed by atoms with Crippen molar-refractivity contribution in [2.45, 2.75) is 12.4 Å². The molecule has 0 atom stereocenters. The van der Waals surface area contributed by atoms with E-state index >= 15 is 0 Å². The second kappa shape index (κ2) is 5.33. The Balaban J connectivity index is 2.28. The van der Waals surface area contributed by atoms with Crippen molar-refractivity contribution in [1.29, 1.82) is 0 Å². The lowest BCUT2D eigenvalue weighted by Crippen LogP contribution is -2.25. The Bertz CT molecular complexity index is 1000. The molecule has 0 aromatic heterocycles. The summed E-state index contributed by atoms with van der Waals surface area (Å²) in [5.41, 5.74) is -2.98. The zero-order valence-electron chi connectivity index (χ0n) is 12.0. The predicted molar refractivity (Wildman–Crippen MR) is 72.9 cm³/mol. The van der Waals surface area contributed by atoms with Crippen LogP contribution in [0.2, 0.25) is 0 Å². The number of carbonyl (C=O) groups is 1. The topological polar surface area (TPSA) is 49.7 Å². The minimum atomic E-state index is -4.72. The largest absolute Gasteiger partial charge is 0.507 e. The fraction of sp³-hybridized carbons (Fsp3) is 0.125. The Hall–Kier alpha value is -2.84. The number of phenolic OH excluding ortho intramolecular Hbond substituents is 1. The van der Waals surface area contributed by atoms with Gasteiger partial charge in [0.05, 0.1) is 22.1 Å². The van der Waals surface area contributed by atoms with Crippen LogP contribution in [0.15, 0.2) is 41.4 Å². The van der Waals surface area contributed by atoms with Crippen molar-refractivity contribution in [2.24, 2.45) is 4.99 Å². The number of hydrogen-bond donors (Lipinski definition) is 1. The van der Waals surface area contributed by atoms with E-state index in [1.165, 1.54) is 0 Å². The Morgan fingerprint density at radius 3 is 2.00 bits per heavy atom. The number of carbonyl (C=O) groups excluding carboxylic acids is 1. The molecule has 1 N–H and O–H groups in total. The maximum Gasteiger partial charge on any atom is 0.416 e. The number of amides is 1. The van der Waals surface area contributed by atoms with Gasteiger partial charge in [0.25, 0.3) is 5.91 Å². The number of alkyl halides is 6. The molecule has 2 aromatic rings. The van der Waals surface area contributed by atoms with Crippen molar-refractivity contribution in [3.05, 3.63) is 63.7 Å². The summed E-state index contributed by atoms with van der Waals surface area (Å²) in [6.07, 6.45) is -9.38. The van der Waals surface area contributed by atoms with Crippen LogP contribution in [0.25, 0.3) is 5.57 Å². The number of benzene rings is 2. The van der Waals surface area contributed by atoms with Gasteiger partial charge in [-0.15, -0.1) is 0 Å². The lowest BCUT2D eigenvalue weighted by atomic mass is 9.99. The van der Waals surface area contributed by atoms with Gasteiger partial charge < -0.3 is 5.11 Å². The highest BCUT2D eigenvalue weighted by Gasteiger charge is 2.34. The maximum absolute atomic E-state index is 12.8. The van der Waals surface area contributed by atoms with Gasteiger partial charge in [-0.3, -0.25) is 4.79 Å². The van der Waals surface area contributed by atoms with Crippen LogP contribution in [0.3, 0.4) is 0 Å². The fourth-order valence-electron chi connectivity index (χ4n) is 2.47. The first-order valence-corrected chi connectivity index (χ1v) is 6.73. The van der Waals surface area contributed by atoms with Gasteiger partial charge in [-0.2, -0.15) is 26.3 Å². The Morgan fingerprint density at radius 1 is 0.840 bits per heavy atom. The molecule has 0 saturated heterocycles. The van der Waals surface area contributed by atoms with Crippen molar-refractivity contribution < 1.29 is 36.2 Å². The zero-order valence-corrected chi connectivity index (χ0v) is 12.0. The van der Waals surface area contributed by atoms with E-state index < -0.39 is 40.7 Å². The van der Waals surface area contributed by atoms with E-state index in [0.29, 0.717) is 24.3 Å². The normalized spacial score (nSPS) is 14.5. The van der Waals surface area contributed by atoms with Crippen LogP contribution < -0.4 is 10.6 Å². The fourth-order valence-corrected chi connectivity index (χ4v) is 2.47. The molecule has 0 fully saturated rings. The van der Waals surface area contributed by atoms with E-state index in [9.17, 15) is 36.2 Å². The SMILES string of the molecule is O=C1N=c2cc(C(F)(F)F)ccc2=C1c1cc(C(F)(F)F)ccc1O. The molecule has 2 aromatic carbocycles. The van der Waals surface area contributed by atoms with Crippen LogP contribution in [-0.2, 0) is 17.1 Å². The first-order chi connectivity index (χ1) is 11.5. The summed E-state index contributed by atoms with van der Waals surface area (Å²) in [6.45, 7) is 0. The van der Waals surface area contributed by atoms with Crippen molar-refractivity contribution >= 4 is 11.5 Å². The van der Waals surface area contributed by atoms with Gasteiger partial charge in [-0.25, -0.2) is 4.99 Å². The van der Waals surface area contributed by atoms with Crippen LogP contribution >= 0.6 is 0 Å². The highest BCUT2D eigenvalue weighted by Crippen LogP contribution is 2.35. The zero-order chi connectivity index (χ0) is 18.6. The highest BCUT2D eigenvalue weighted by molar-refractivity contribution is 6.21. The second-order valence-corrected chi connectivity index (χ2v) is 5.25. The Morgan fingerprint density at radius 2 is 1.40 bits per heavy atom. The van der Waals surface area contributed by atoms with E-state index in [-0.39, 0.29) is 16.1 Å². The molecule has 0 saturated carbocycles. The van der Waals surface area contributed by atoms with Gasteiger partial charge in [0.15, 0.2) is 0 Å². The lowest BCUT2D eigenvalue weighted by Gasteiger charge is -2.10. The molecule has 0 radical (unpaired) electrons. The van der Waals surface area contributed by atoms with Crippen molar-refractivity contribution in [1.82, 2.24) is 0 Å². The van der Waals surface area contributed by atoms with Crippen LogP contribution in [-0.4, -0.2) is 11.0 Å². The third-order valence-corrected chi connectivity index (χ3v) is 3.62. The van der Waals surface area contributed by atoms with E-state index in [0.717, 1.165) is 12.1 Å². The van der Waals surface area contributed by atoms with Gasteiger partial charge in [0, 0.05) is 10.8 Å². The van der Waals surface area contributed by atoms with Crippen molar-refractivity contribution in [3.63, 3.8) is 0 Å². The third kappa shape index (κ3) is 2.97. The Kier molecular flexibility index (Phi) is 3.63. The summed E-state index contributed by atoms with van der Waals surface area (Å²) in [4.78, 5) is 15.5. The summed E-state index contributed by atoms with van der Waals surface area (Å²) in [5.74, 6) is -1.64. The van der Waals surface area contributed by atoms with Gasteiger partial charge in [0.1, 0.15) is 5.75 Å². The lowest BCUT2D eigenvalue weighted by molar-refractivity contribution is -0.138. The molecule has 1 amide bonds. The molecular weight excluding hydrogens is 352 g/mol. The number of rotatable bonds is 1. The van der Waals surface area contributed by atoms with Gasteiger partial charge in [0.2, 0.25) is 0 Å². The Labute approximate surface area is 135 Å². The minimum absolute atomic E-state index is 0.0763. The summed E-state index contributed by atoms with van der Waals surface area (Å²) in [6, 6.07) is 4.22. The molecule has 0 aliphatic carbocycles. The molecule has 25 heavy (non-hydrogen) atoms. The van der Waals surface area contributed by atoms with Gasteiger partial charge in [-0.05, 0) is 30.3 Å². The van der Waals surface area contributed by atoms with E-state index in [1.807, 2.05) is 0 Å². The van der Waals surface area contributed by atoms with E-state index in [4.69, 9.17) is 0 Å². The molecule has 130 valence electrons. The molecular formula is C16H7F6NO2. The van der Waals surface area contributed by atoms with E-state index in [1.54, 1.807) is 0 Å². The molecule has 0 spiro atoms. The smallest absolute Gasteiger partial charge is 0.416 e. The number of aromatic hydroxyl groups is 1. The number of nitrogens with zero attached hydrogens (tertiary/aromatic N) is 1. The molecule has 1 heterocycles. The summed E-state index contributed by atoms with van der Waals surface area (Å²) >= 11 is 0. The van der Waals surface area contributed by atoms with Gasteiger partial charge >= 0.3 is 12.4 Å². The molecule has 1 aliphatic heterocycles. The predicted octanol–water partition coefficient (Wildman–Crippen LogP) is 2.79. The van der Waals surface area contributed by atoms with Crippen LogP contribution in [0.4, 0.5) is 26.3 Å². The van der Waals surface area contributed by atoms with Crippen molar-refractivity contribution in [3.8, 4) is 5.75 Å². The first-order valence-electron chi connectivity index (χ1n) is 6.73. The molecule has 0 bridgehead atoms. The number of fused-ring (bicyclic) bond motifs is 1. The minimum Gasteiger partial charge on any atom is -0.507 e. The van der Waals surface area contributed by atoms with Gasteiger partial charge in [-0.1, -0.05) is 6.07 Å². The van der Waals surface area contributed by atoms with Crippen molar-refractivity contribution in [2.75, 3.05) is 0 Å². The highest BCUT2D eigenvalue weighted by atomic mass is 19.4. The number of phenols is 1. The molecule has 9 heteroatoms. The maximum atomic E-state index is 12.8. The average Bonchev–Trinajstić information content (AvgIpc) is 2.80. The van der Waals surface area contributed by atoms with Crippen LogP contribution in [0.1, 0.15) is 16.7 Å². The van der Waals surface area contributed by atoms with Crippen LogP contribution in [0, 0.1) is 0 Å². The standard InChI is InChI=1S/C16H7F6NO2/c17-15(18,19)7-2-4-12(24)10(5-7)13-9-3-1-8(16(20,21)22)6-11(9)23-14(13)25/h1-6,24H. The summed E-state index contributed by atoms with van der Waals surface area (Å²) in [5, 5.41) is 9.44. The molecule has 3 rings (SSSR count). The first kappa shape index (κ1) is 17.0. The number of halogens is 6. The molecule has 1 aliphatic rings. The third-order valence-electron chi connectivity index (χ3n) is 3.62. The molecule has 3 nitrogen and oxygen atoms in total.